The van der Waals surface area contributed by atoms with Crippen molar-refractivity contribution in [2.75, 3.05) is 20.0 Å². The Morgan fingerprint density at radius 2 is 1.70 bits per heavy atom. The lowest BCUT2D eigenvalue weighted by Crippen LogP contribution is -2.23. The van der Waals surface area contributed by atoms with Crippen molar-refractivity contribution >= 4 is 21.7 Å². The topological polar surface area (TPSA) is 98.8 Å². The SMILES string of the molecule is CCS(=O)(=O)c1ccc(CNC(=O)c2ccc(OC)c(C(=O)OC)c2)cc1. The van der Waals surface area contributed by atoms with Gasteiger partial charge in [0.1, 0.15) is 11.3 Å². The van der Waals surface area contributed by atoms with E-state index in [2.05, 4.69) is 5.32 Å². The second-order valence-electron chi connectivity index (χ2n) is 5.64. The molecule has 0 aliphatic heterocycles. The molecule has 2 rings (SSSR count). The van der Waals surface area contributed by atoms with Gasteiger partial charge in [-0.05, 0) is 35.9 Å². The number of sulfone groups is 1. The lowest BCUT2D eigenvalue weighted by atomic mass is 10.1. The first-order valence-electron chi connectivity index (χ1n) is 8.18. The van der Waals surface area contributed by atoms with Crippen LogP contribution >= 0.6 is 0 Å². The highest BCUT2D eigenvalue weighted by molar-refractivity contribution is 7.91. The molecule has 144 valence electrons. The van der Waals surface area contributed by atoms with Crippen LogP contribution in [0, 0.1) is 0 Å². The Bertz CT molecular complexity index is 935. The number of hydrogen-bond acceptors (Lipinski definition) is 6. The summed E-state index contributed by atoms with van der Waals surface area (Å²) in [5.41, 5.74) is 1.18. The van der Waals surface area contributed by atoms with Gasteiger partial charge in [0.05, 0.1) is 24.9 Å². The first-order valence-corrected chi connectivity index (χ1v) is 9.84. The molecule has 7 nitrogen and oxygen atoms in total. The second-order valence-corrected chi connectivity index (χ2v) is 7.91. The Morgan fingerprint density at radius 3 is 2.26 bits per heavy atom. The van der Waals surface area contributed by atoms with Gasteiger partial charge in [-0.3, -0.25) is 4.79 Å². The molecule has 0 aliphatic rings. The largest absolute Gasteiger partial charge is 0.496 e. The molecule has 0 bridgehead atoms. The minimum absolute atomic E-state index is 0.0308. The van der Waals surface area contributed by atoms with Crippen molar-refractivity contribution in [1.29, 1.82) is 0 Å². The van der Waals surface area contributed by atoms with Crippen LogP contribution in [0.1, 0.15) is 33.2 Å². The summed E-state index contributed by atoms with van der Waals surface area (Å²) in [4.78, 5) is 24.4. The summed E-state index contributed by atoms with van der Waals surface area (Å²) in [6.07, 6.45) is 0. The summed E-state index contributed by atoms with van der Waals surface area (Å²) in [5.74, 6) is -0.642. The van der Waals surface area contributed by atoms with E-state index in [0.717, 1.165) is 5.56 Å². The summed E-state index contributed by atoms with van der Waals surface area (Å²) < 4.78 is 33.4. The van der Waals surface area contributed by atoms with Crippen LogP contribution in [-0.2, 0) is 21.1 Å². The van der Waals surface area contributed by atoms with E-state index in [1.807, 2.05) is 0 Å². The lowest BCUT2D eigenvalue weighted by molar-refractivity contribution is 0.0597. The minimum Gasteiger partial charge on any atom is -0.496 e. The van der Waals surface area contributed by atoms with E-state index in [0.29, 0.717) is 5.75 Å². The Morgan fingerprint density at radius 1 is 1.04 bits per heavy atom. The van der Waals surface area contributed by atoms with Crippen LogP contribution in [0.2, 0.25) is 0 Å². The van der Waals surface area contributed by atoms with Crippen LogP contribution in [0.3, 0.4) is 0 Å². The number of amides is 1. The molecule has 0 radical (unpaired) electrons. The molecule has 0 unspecified atom stereocenters. The van der Waals surface area contributed by atoms with Gasteiger partial charge in [-0.15, -0.1) is 0 Å². The van der Waals surface area contributed by atoms with Gasteiger partial charge < -0.3 is 14.8 Å². The molecular formula is C19H21NO6S. The lowest BCUT2D eigenvalue weighted by Gasteiger charge is -2.10. The Kier molecular flexibility index (Phi) is 6.57. The van der Waals surface area contributed by atoms with E-state index in [1.54, 1.807) is 19.1 Å². The molecule has 2 aromatic carbocycles. The highest BCUT2D eigenvalue weighted by Crippen LogP contribution is 2.21. The van der Waals surface area contributed by atoms with Gasteiger partial charge in [-0.2, -0.15) is 0 Å². The van der Waals surface area contributed by atoms with Gasteiger partial charge in [0.15, 0.2) is 9.84 Å². The molecule has 27 heavy (non-hydrogen) atoms. The van der Waals surface area contributed by atoms with Crippen molar-refractivity contribution in [3.8, 4) is 5.75 Å². The fourth-order valence-electron chi connectivity index (χ4n) is 2.38. The number of ether oxygens (including phenoxy) is 2. The van der Waals surface area contributed by atoms with E-state index in [-0.39, 0.29) is 34.2 Å². The van der Waals surface area contributed by atoms with Gasteiger partial charge in [0, 0.05) is 12.1 Å². The van der Waals surface area contributed by atoms with Gasteiger partial charge in [0.25, 0.3) is 5.91 Å². The van der Waals surface area contributed by atoms with Crippen molar-refractivity contribution in [2.24, 2.45) is 0 Å². The van der Waals surface area contributed by atoms with Crippen molar-refractivity contribution < 1.29 is 27.5 Å². The molecule has 0 spiro atoms. The van der Waals surface area contributed by atoms with Gasteiger partial charge in [-0.25, -0.2) is 13.2 Å². The molecular weight excluding hydrogens is 370 g/mol. The maximum atomic E-state index is 12.4. The molecule has 0 aliphatic carbocycles. The zero-order valence-corrected chi connectivity index (χ0v) is 16.1. The fourth-order valence-corrected chi connectivity index (χ4v) is 3.27. The van der Waals surface area contributed by atoms with Crippen molar-refractivity contribution in [2.45, 2.75) is 18.4 Å². The van der Waals surface area contributed by atoms with Crippen LogP contribution in [0.5, 0.6) is 5.75 Å². The summed E-state index contributed by atoms with van der Waals surface area (Å²) in [7, 11) is -0.587. The molecule has 8 heteroatoms. The van der Waals surface area contributed by atoms with E-state index >= 15 is 0 Å². The third kappa shape index (κ3) is 4.85. The Balaban J connectivity index is 2.11. The second kappa shape index (κ2) is 8.68. The molecule has 1 amide bonds. The number of carbonyl (C=O) groups is 2. The molecule has 0 atom stereocenters. The molecule has 0 saturated carbocycles. The van der Waals surface area contributed by atoms with Crippen LogP contribution in [0.15, 0.2) is 47.4 Å². The quantitative estimate of drug-likeness (QED) is 0.727. The highest BCUT2D eigenvalue weighted by atomic mass is 32.2. The number of benzene rings is 2. The average Bonchev–Trinajstić information content (AvgIpc) is 2.71. The Labute approximate surface area is 158 Å². The van der Waals surface area contributed by atoms with Gasteiger partial charge >= 0.3 is 5.97 Å². The van der Waals surface area contributed by atoms with E-state index in [4.69, 9.17) is 9.47 Å². The maximum Gasteiger partial charge on any atom is 0.341 e. The van der Waals surface area contributed by atoms with Crippen molar-refractivity contribution in [1.82, 2.24) is 5.32 Å². The molecule has 0 fully saturated rings. The number of esters is 1. The average molecular weight is 391 g/mol. The number of rotatable bonds is 7. The first kappa shape index (κ1) is 20.4. The normalized spacial score (nSPS) is 10.9. The number of carbonyl (C=O) groups excluding carboxylic acids is 2. The highest BCUT2D eigenvalue weighted by Gasteiger charge is 2.16. The molecule has 0 aromatic heterocycles. The molecule has 0 heterocycles. The third-order valence-electron chi connectivity index (χ3n) is 3.98. The fraction of sp³-hybridized carbons (Fsp3) is 0.263. The summed E-state index contributed by atoms with van der Waals surface area (Å²) >= 11 is 0. The molecule has 0 saturated heterocycles. The standard InChI is InChI=1S/C19H21NO6S/c1-4-27(23,24)15-8-5-13(6-9-15)12-20-18(21)14-7-10-17(25-2)16(11-14)19(22)26-3/h5-11H,4,12H2,1-3H3,(H,20,21). The van der Waals surface area contributed by atoms with Gasteiger partial charge in [0.2, 0.25) is 0 Å². The first-order chi connectivity index (χ1) is 12.8. The summed E-state index contributed by atoms with van der Waals surface area (Å²) in [5, 5.41) is 2.73. The number of nitrogens with one attached hydrogen (secondary N) is 1. The van der Waals surface area contributed by atoms with E-state index in [1.165, 1.54) is 44.6 Å². The summed E-state index contributed by atoms with van der Waals surface area (Å²) in [6.45, 7) is 1.80. The monoisotopic (exact) mass is 391 g/mol. The predicted molar refractivity (Wildman–Crippen MR) is 99.7 cm³/mol. The smallest absolute Gasteiger partial charge is 0.341 e. The molecule has 1 N–H and O–H groups in total. The predicted octanol–water partition coefficient (Wildman–Crippen LogP) is 2.21. The van der Waals surface area contributed by atoms with Gasteiger partial charge in [-0.1, -0.05) is 19.1 Å². The zero-order valence-electron chi connectivity index (χ0n) is 15.3. The van der Waals surface area contributed by atoms with E-state index in [9.17, 15) is 18.0 Å². The maximum absolute atomic E-state index is 12.4. The van der Waals surface area contributed by atoms with Crippen LogP contribution in [0.4, 0.5) is 0 Å². The number of hydrogen-bond donors (Lipinski definition) is 1. The van der Waals surface area contributed by atoms with Crippen LogP contribution < -0.4 is 10.1 Å². The third-order valence-corrected chi connectivity index (χ3v) is 5.73. The Hall–Kier alpha value is -2.87. The summed E-state index contributed by atoms with van der Waals surface area (Å²) in [6, 6.07) is 10.8. The zero-order chi connectivity index (χ0) is 20.0. The van der Waals surface area contributed by atoms with Crippen molar-refractivity contribution in [3.05, 3.63) is 59.2 Å². The van der Waals surface area contributed by atoms with E-state index < -0.39 is 15.8 Å². The minimum atomic E-state index is -3.25. The van der Waals surface area contributed by atoms with Crippen molar-refractivity contribution in [3.63, 3.8) is 0 Å². The van der Waals surface area contributed by atoms with Crippen LogP contribution in [-0.4, -0.2) is 40.3 Å². The number of methoxy groups -OCH3 is 2. The molecule has 2 aromatic rings. The van der Waals surface area contributed by atoms with Crippen LogP contribution in [0.25, 0.3) is 0 Å².